The fourth-order valence-electron chi connectivity index (χ4n) is 2.92. The van der Waals surface area contributed by atoms with Crippen LogP contribution in [0.5, 0.6) is 0 Å². The molecule has 1 saturated carbocycles. The summed E-state index contributed by atoms with van der Waals surface area (Å²) >= 11 is 0. The zero-order chi connectivity index (χ0) is 13.5. The van der Waals surface area contributed by atoms with E-state index in [2.05, 4.69) is 4.98 Å². The lowest BCUT2D eigenvalue weighted by Crippen LogP contribution is -2.46. The molecule has 0 unspecified atom stereocenters. The van der Waals surface area contributed by atoms with Crippen LogP contribution in [0.4, 0.5) is 0 Å². The first-order valence-corrected chi connectivity index (χ1v) is 6.64. The summed E-state index contributed by atoms with van der Waals surface area (Å²) in [6, 6.07) is 3.25. The van der Waals surface area contributed by atoms with Gasteiger partial charge >= 0.3 is 0 Å². The van der Waals surface area contributed by atoms with Crippen LogP contribution < -0.4 is 0 Å². The van der Waals surface area contributed by atoms with Gasteiger partial charge in [0.2, 0.25) is 0 Å². The molecule has 1 aromatic rings. The molecular formula is C14H16N2O3. The molecule has 5 nitrogen and oxygen atoms in total. The van der Waals surface area contributed by atoms with Gasteiger partial charge in [-0.3, -0.25) is 19.5 Å². The lowest BCUT2D eigenvalue weighted by Gasteiger charge is -2.34. The lowest BCUT2D eigenvalue weighted by atomic mass is 9.84. The van der Waals surface area contributed by atoms with Crippen molar-refractivity contribution in [2.45, 2.75) is 37.7 Å². The van der Waals surface area contributed by atoms with Gasteiger partial charge in [-0.05, 0) is 25.0 Å². The van der Waals surface area contributed by atoms with E-state index in [9.17, 15) is 14.7 Å². The minimum atomic E-state index is -0.925. The van der Waals surface area contributed by atoms with E-state index in [0.29, 0.717) is 18.4 Å². The highest BCUT2D eigenvalue weighted by Gasteiger charge is 2.42. The Morgan fingerprint density at radius 2 is 1.95 bits per heavy atom. The third-order valence-corrected chi connectivity index (χ3v) is 3.97. The fraction of sp³-hybridized carbons (Fsp3) is 0.500. The maximum atomic E-state index is 12.2. The molecule has 0 aromatic carbocycles. The zero-order valence-corrected chi connectivity index (χ0v) is 10.6. The van der Waals surface area contributed by atoms with Gasteiger partial charge in [-0.25, -0.2) is 0 Å². The van der Waals surface area contributed by atoms with Crippen molar-refractivity contribution in [3.63, 3.8) is 0 Å². The standard InChI is InChI=1S/C14H16N2O3/c17-12-10-5-4-8-15-11(10)13(18)16(12)9-14(19)6-2-1-3-7-14/h4-5,8,19H,1-3,6-7,9H2. The summed E-state index contributed by atoms with van der Waals surface area (Å²) in [7, 11) is 0. The average molecular weight is 260 g/mol. The molecule has 0 atom stereocenters. The van der Waals surface area contributed by atoms with Gasteiger partial charge in [-0.15, -0.1) is 0 Å². The summed E-state index contributed by atoms with van der Waals surface area (Å²) in [4.78, 5) is 29.4. The van der Waals surface area contributed by atoms with E-state index in [-0.39, 0.29) is 24.1 Å². The molecule has 1 aliphatic carbocycles. The number of amides is 2. The minimum absolute atomic E-state index is 0.0844. The van der Waals surface area contributed by atoms with Crippen LogP contribution in [-0.4, -0.2) is 39.0 Å². The summed E-state index contributed by atoms with van der Waals surface area (Å²) in [6.45, 7) is 0.0844. The topological polar surface area (TPSA) is 70.5 Å². The highest BCUT2D eigenvalue weighted by molar-refractivity contribution is 6.20. The van der Waals surface area contributed by atoms with E-state index < -0.39 is 5.60 Å². The highest BCUT2D eigenvalue weighted by Crippen LogP contribution is 2.31. The van der Waals surface area contributed by atoms with Gasteiger partial charge in [0, 0.05) is 6.20 Å². The summed E-state index contributed by atoms with van der Waals surface area (Å²) in [5, 5.41) is 10.5. The van der Waals surface area contributed by atoms with Crippen LogP contribution in [0.1, 0.15) is 53.0 Å². The van der Waals surface area contributed by atoms with Crippen molar-refractivity contribution < 1.29 is 14.7 Å². The third kappa shape index (κ3) is 2.04. The number of hydrogen-bond donors (Lipinski definition) is 1. The Bertz CT molecular complexity index is 500. The minimum Gasteiger partial charge on any atom is -0.388 e. The van der Waals surface area contributed by atoms with Crippen molar-refractivity contribution in [1.29, 1.82) is 0 Å². The first-order chi connectivity index (χ1) is 9.11. The summed E-state index contributed by atoms with van der Waals surface area (Å²) in [5.41, 5.74) is -0.384. The maximum absolute atomic E-state index is 12.2. The number of aromatic nitrogens is 1. The van der Waals surface area contributed by atoms with Crippen LogP contribution in [0.25, 0.3) is 0 Å². The molecule has 0 spiro atoms. The second-order valence-electron chi connectivity index (χ2n) is 5.38. The average Bonchev–Trinajstić information content (AvgIpc) is 2.65. The Kier molecular flexibility index (Phi) is 2.86. The van der Waals surface area contributed by atoms with Crippen LogP contribution >= 0.6 is 0 Å². The molecule has 0 bridgehead atoms. The number of carbonyl (C=O) groups is 2. The number of hydrogen-bond acceptors (Lipinski definition) is 4. The van der Waals surface area contributed by atoms with Gasteiger partial charge in [0.1, 0.15) is 5.69 Å². The lowest BCUT2D eigenvalue weighted by molar-refractivity contribution is -0.0178. The molecule has 1 aliphatic heterocycles. The Hall–Kier alpha value is -1.75. The number of imide groups is 1. The van der Waals surface area contributed by atoms with Gasteiger partial charge in [0.05, 0.1) is 17.7 Å². The predicted octanol–water partition coefficient (Wildman–Crippen LogP) is 1.37. The van der Waals surface area contributed by atoms with Gasteiger partial charge in [0.15, 0.2) is 0 Å². The van der Waals surface area contributed by atoms with Crippen LogP contribution in [0.15, 0.2) is 18.3 Å². The quantitative estimate of drug-likeness (QED) is 0.815. The monoisotopic (exact) mass is 260 g/mol. The molecule has 2 heterocycles. The number of rotatable bonds is 2. The Morgan fingerprint density at radius 3 is 2.63 bits per heavy atom. The van der Waals surface area contributed by atoms with E-state index in [0.717, 1.165) is 24.2 Å². The van der Waals surface area contributed by atoms with Crippen LogP contribution in [0, 0.1) is 0 Å². The number of aliphatic hydroxyl groups is 1. The number of carbonyl (C=O) groups excluding carboxylic acids is 2. The number of pyridine rings is 1. The molecule has 1 fully saturated rings. The molecule has 2 amide bonds. The molecule has 1 aromatic heterocycles. The Morgan fingerprint density at radius 1 is 1.21 bits per heavy atom. The second-order valence-corrected chi connectivity index (χ2v) is 5.38. The molecule has 3 rings (SSSR count). The molecule has 5 heteroatoms. The van der Waals surface area contributed by atoms with Crippen molar-refractivity contribution in [3.05, 3.63) is 29.6 Å². The van der Waals surface area contributed by atoms with Crippen molar-refractivity contribution in [3.8, 4) is 0 Å². The van der Waals surface area contributed by atoms with E-state index in [1.54, 1.807) is 12.1 Å². The molecule has 0 saturated heterocycles. The summed E-state index contributed by atoms with van der Waals surface area (Å²) in [5.74, 6) is -0.730. The smallest absolute Gasteiger partial charge is 0.280 e. The number of nitrogens with zero attached hydrogens (tertiary/aromatic N) is 2. The first kappa shape index (κ1) is 12.3. The first-order valence-electron chi connectivity index (χ1n) is 6.64. The molecule has 2 aliphatic rings. The SMILES string of the molecule is O=C1c2cccnc2C(=O)N1CC1(O)CCCCC1. The van der Waals surface area contributed by atoms with Gasteiger partial charge in [-0.1, -0.05) is 19.3 Å². The molecule has 1 N–H and O–H groups in total. The molecule has 0 radical (unpaired) electrons. The predicted molar refractivity (Wildman–Crippen MR) is 67.6 cm³/mol. The van der Waals surface area contributed by atoms with Gasteiger partial charge < -0.3 is 5.11 Å². The Labute approximate surface area is 111 Å². The number of fused-ring (bicyclic) bond motifs is 1. The van der Waals surface area contributed by atoms with Crippen LogP contribution in [0.2, 0.25) is 0 Å². The van der Waals surface area contributed by atoms with Crippen LogP contribution in [0.3, 0.4) is 0 Å². The van der Waals surface area contributed by atoms with Crippen molar-refractivity contribution in [1.82, 2.24) is 9.88 Å². The Balaban J connectivity index is 1.84. The summed E-state index contributed by atoms with van der Waals surface area (Å²) < 4.78 is 0. The highest BCUT2D eigenvalue weighted by atomic mass is 16.3. The maximum Gasteiger partial charge on any atom is 0.280 e. The molecule has 100 valence electrons. The van der Waals surface area contributed by atoms with E-state index in [1.807, 2.05) is 0 Å². The third-order valence-electron chi connectivity index (χ3n) is 3.97. The van der Waals surface area contributed by atoms with Gasteiger partial charge in [-0.2, -0.15) is 0 Å². The number of β-amino-alcohol motifs (C(OH)–C–C–N with tert-alkyl or cyclic N) is 1. The van der Waals surface area contributed by atoms with Crippen molar-refractivity contribution in [2.24, 2.45) is 0 Å². The summed E-state index contributed by atoms with van der Waals surface area (Å²) in [6.07, 6.45) is 5.78. The largest absolute Gasteiger partial charge is 0.388 e. The van der Waals surface area contributed by atoms with Crippen molar-refractivity contribution >= 4 is 11.8 Å². The van der Waals surface area contributed by atoms with E-state index in [4.69, 9.17) is 0 Å². The van der Waals surface area contributed by atoms with Crippen molar-refractivity contribution in [2.75, 3.05) is 6.54 Å². The van der Waals surface area contributed by atoms with E-state index >= 15 is 0 Å². The van der Waals surface area contributed by atoms with E-state index in [1.165, 1.54) is 6.20 Å². The fourth-order valence-corrected chi connectivity index (χ4v) is 2.92. The normalized spacial score (nSPS) is 21.6. The second kappa shape index (κ2) is 4.42. The molecule has 19 heavy (non-hydrogen) atoms. The zero-order valence-electron chi connectivity index (χ0n) is 10.6. The van der Waals surface area contributed by atoms with Gasteiger partial charge in [0.25, 0.3) is 11.8 Å². The molecular weight excluding hydrogens is 244 g/mol. The van der Waals surface area contributed by atoms with Crippen LogP contribution in [-0.2, 0) is 0 Å².